The summed E-state index contributed by atoms with van der Waals surface area (Å²) in [5, 5.41) is 2.05. The number of hydrogen-bond acceptors (Lipinski definition) is 3. The van der Waals surface area contributed by atoms with E-state index in [0.29, 0.717) is 0 Å². The molecule has 1 aromatic heterocycles. The molecule has 0 amide bonds. The molecule has 0 aliphatic carbocycles. The van der Waals surface area contributed by atoms with Gasteiger partial charge in [-0.05, 0) is 36.4 Å². The normalized spacial score (nSPS) is 10.4. The average molecular weight is 295 g/mol. The Bertz CT molecular complexity index is 612. The van der Waals surface area contributed by atoms with Gasteiger partial charge in [0.15, 0.2) is 0 Å². The molecule has 2 aromatic carbocycles. The Morgan fingerprint density at radius 1 is 0.500 bits per heavy atom. The van der Waals surface area contributed by atoms with Crippen LogP contribution in [0.3, 0.4) is 0 Å². The van der Waals surface area contributed by atoms with Crippen LogP contribution in [0.25, 0.3) is 0 Å². The highest BCUT2D eigenvalue weighted by Gasteiger charge is 2.02. The van der Waals surface area contributed by atoms with Crippen molar-refractivity contribution >= 4 is 23.5 Å². The monoisotopic (exact) mass is 295 g/mol. The van der Waals surface area contributed by atoms with Crippen molar-refractivity contribution in [3.63, 3.8) is 0 Å². The summed E-state index contributed by atoms with van der Waals surface area (Å²) >= 11 is 3.38. The predicted octanol–water partition coefficient (Wildman–Crippen LogP) is 5.38. The van der Waals surface area contributed by atoms with E-state index < -0.39 is 0 Å². The molecule has 0 saturated heterocycles. The van der Waals surface area contributed by atoms with E-state index in [1.165, 1.54) is 9.79 Å². The van der Waals surface area contributed by atoms with Crippen molar-refractivity contribution in [1.82, 2.24) is 4.98 Å². The molecule has 0 bridgehead atoms. The molecule has 98 valence electrons. The van der Waals surface area contributed by atoms with E-state index in [1.807, 2.05) is 48.5 Å². The summed E-state index contributed by atoms with van der Waals surface area (Å²) in [4.78, 5) is 7.11. The van der Waals surface area contributed by atoms with Crippen molar-refractivity contribution in [1.29, 1.82) is 0 Å². The highest BCUT2D eigenvalue weighted by Crippen LogP contribution is 2.30. The zero-order chi connectivity index (χ0) is 13.6. The van der Waals surface area contributed by atoms with E-state index in [-0.39, 0.29) is 0 Å². The molecule has 0 fully saturated rings. The summed E-state index contributed by atoms with van der Waals surface area (Å²) in [5.41, 5.74) is 0. The third kappa shape index (κ3) is 3.65. The Hall–Kier alpha value is -1.71. The van der Waals surface area contributed by atoms with Gasteiger partial charge >= 0.3 is 0 Å². The third-order valence-corrected chi connectivity index (χ3v) is 4.52. The quantitative estimate of drug-likeness (QED) is 0.641. The number of benzene rings is 2. The molecule has 1 nitrogen and oxygen atoms in total. The summed E-state index contributed by atoms with van der Waals surface area (Å²) in [5.74, 6) is 0. The lowest BCUT2D eigenvalue weighted by Crippen LogP contribution is -1.83. The van der Waals surface area contributed by atoms with Crippen LogP contribution < -0.4 is 0 Å². The van der Waals surface area contributed by atoms with Gasteiger partial charge in [-0.1, -0.05) is 66.0 Å². The minimum absolute atomic E-state index is 1.03. The molecular formula is C17H13NS2. The Balaban J connectivity index is 1.76. The summed E-state index contributed by atoms with van der Waals surface area (Å²) in [6.45, 7) is 0. The fourth-order valence-corrected chi connectivity index (χ4v) is 3.44. The zero-order valence-electron chi connectivity index (χ0n) is 10.8. The van der Waals surface area contributed by atoms with Crippen LogP contribution in [0, 0.1) is 0 Å². The first-order chi connectivity index (χ1) is 9.90. The van der Waals surface area contributed by atoms with Crippen molar-refractivity contribution in [2.75, 3.05) is 0 Å². The third-order valence-electron chi connectivity index (χ3n) is 2.63. The standard InChI is InChI=1S/C17H13NS2/c1-3-8-14(9-4-1)19-16-12-7-13-17(18-16)20-15-10-5-2-6-11-15/h1-13H. The van der Waals surface area contributed by atoms with E-state index in [4.69, 9.17) is 0 Å². The maximum absolute atomic E-state index is 4.69. The van der Waals surface area contributed by atoms with Crippen molar-refractivity contribution in [3.8, 4) is 0 Å². The van der Waals surface area contributed by atoms with E-state index in [2.05, 4.69) is 35.3 Å². The number of pyridine rings is 1. The van der Waals surface area contributed by atoms with Gasteiger partial charge in [0.2, 0.25) is 0 Å². The van der Waals surface area contributed by atoms with Gasteiger partial charge in [0.05, 0.1) is 0 Å². The highest BCUT2D eigenvalue weighted by molar-refractivity contribution is 8.00. The van der Waals surface area contributed by atoms with Gasteiger partial charge in [-0.25, -0.2) is 4.98 Å². The Morgan fingerprint density at radius 3 is 1.40 bits per heavy atom. The predicted molar refractivity (Wildman–Crippen MR) is 85.4 cm³/mol. The Morgan fingerprint density at radius 2 is 0.950 bits per heavy atom. The highest BCUT2D eigenvalue weighted by atomic mass is 32.2. The number of nitrogens with zero attached hydrogens (tertiary/aromatic N) is 1. The second-order valence-electron chi connectivity index (χ2n) is 4.14. The van der Waals surface area contributed by atoms with Gasteiger partial charge < -0.3 is 0 Å². The lowest BCUT2D eigenvalue weighted by atomic mass is 10.4. The lowest BCUT2D eigenvalue weighted by Gasteiger charge is -2.04. The average Bonchev–Trinajstić information content (AvgIpc) is 2.50. The molecule has 0 N–H and O–H groups in total. The molecule has 3 heteroatoms. The molecule has 0 aliphatic rings. The van der Waals surface area contributed by atoms with Crippen LogP contribution in [0.1, 0.15) is 0 Å². The number of rotatable bonds is 4. The summed E-state index contributed by atoms with van der Waals surface area (Å²) in [6.07, 6.45) is 0. The largest absolute Gasteiger partial charge is 0.234 e. The summed E-state index contributed by atoms with van der Waals surface area (Å²) < 4.78 is 0. The van der Waals surface area contributed by atoms with Gasteiger partial charge in [-0.15, -0.1) is 0 Å². The molecule has 1 heterocycles. The molecular weight excluding hydrogens is 282 g/mol. The van der Waals surface area contributed by atoms with E-state index in [1.54, 1.807) is 23.5 Å². The molecule has 0 aliphatic heterocycles. The second-order valence-corrected chi connectivity index (χ2v) is 6.33. The summed E-state index contributed by atoms with van der Waals surface area (Å²) in [7, 11) is 0. The zero-order valence-corrected chi connectivity index (χ0v) is 12.4. The lowest BCUT2D eigenvalue weighted by molar-refractivity contribution is 1.01. The van der Waals surface area contributed by atoms with Crippen LogP contribution in [0.2, 0.25) is 0 Å². The van der Waals surface area contributed by atoms with Crippen molar-refractivity contribution in [2.24, 2.45) is 0 Å². The van der Waals surface area contributed by atoms with Crippen molar-refractivity contribution in [2.45, 2.75) is 19.8 Å². The molecule has 0 atom stereocenters. The molecule has 3 aromatic rings. The smallest absolute Gasteiger partial charge is 0.102 e. The number of aromatic nitrogens is 1. The fourth-order valence-electron chi connectivity index (χ4n) is 1.73. The molecule has 0 spiro atoms. The second kappa shape index (κ2) is 6.64. The molecule has 0 unspecified atom stereocenters. The topological polar surface area (TPSA) is 12.9 Å². The van der Waals surface area contributed by atoms with Crippen LogP contribution in [0.5, 0.6) is 0 Å². The van der Waals surface area contributed by atoms with Gasteiger partial charge in [-0.3, -0.25) is 0 Å². The van der Waals surface area contributed by atoms with Crippen molar-refractivity contribution in [3.05, 3.63) is 78.9 Å². The van der Waals surface area contributed by atoms with E-state index in [9.17, 15) is 0 Å². The van der Waals surface area contributed by atoms with Crippen molar-refractivity contribution < 1.29 is 0 Å². The fraction of sp³-hybridized carbons (Fsp3) is 0. The Kier molecular flexibility index (Phi) is 4.41. The minimum Gasteiger partial charge on any atom is -0.234 e. The van der Waals surface area contributed by atoms with Crippen LogP contribution in [-0.4, -0.2) is 4.98 Å². The van der Waals surface area contributed by atoms with Crippen LogP contribution >= 0.6 is 23.5 Å². The molecule has 20 heavy (non-hydrogen) atoms. The van der Waals surface area contributed by atoms with Crippen LogP contribution in [0.15, 0.2) is 98.7 Å². The summed E-state index contributed by atoms with van der Waals surface area (Å²) in [6, 6.07) is 26.8. The molecule has 0 saturated carbocycles. The molecule has 0 radical (unpaired) electrons. The Labute approximate surface area is 127 Å². The SMILES string of the molecule is c1ccc(Sc2cccc(Sc3ccccc3)n2)cc1. The first-order valence-corrected chi connectivity index (χ1v) is 7.96. The van der Waals surface area contributed by atoms with Gasteiger partial charge in [0, 0.05) is 9.79 Å². The molecule has 3 rings (SSSR count). The van der Waals surface area contributed by atoms with E-state index in [0.717, 1.165) is 10.1 Å². The first kappa shape index (κ1) is 13.3. The van der Waals surface area contributed by atoms with Gasteiger partial charge in [0.25, 0.3) is 0 Å². The first-order valence-electron chi connectivity index (χ1n) is 6.33. The van der Waals surface area contributed by atoms with Crippen LogP contribution in [-0.2, 0) is 0 Å². The number of hydrogen-bond donors (Lipinski definition) is 0. The maximum atomic E-state index is 4.69. The van der Waals surface area contributed by atoms with Gasteiger partial charge in [0.1, 0.15) is 10.1 Å². The maximum Gasteiger partial charge on any atom is 0.102 e. The minimum atomic E-state index is 1.03. The van der Waals surface area contributed by atoms with Gasteiger partial charge in [-0.2, -0.15) is 0 Å². The van der Waals surface area contributed by atoms with E-state index >= 15 is 0 Å². The van der Waals surface area contributed by atoms with Crippen LogP contribution in [0.4, 0.5) is 0 Å².